The van der Waals surface area contributed by atoms with Crippen LogP contribution in [0.25, 0.3) is 0 Å². The first-order valence-electron chi connectivity index (χ1n) is 6.69. The lowest BCUT2D eigenvalue weighted by molar-refractivity contribution is -0.123. The smallest absolute Gasteiger partial charge is 0.242 e. The molecule has 0 bridgehead atoms. The third-order valence-electron chi connectivity index (χ3n) is 4.17. The van der Waals surface area contributed by atoms with Crippen molar-refractivity contribution in [2.75, 3.05) is 0 Å². The average Bonchev–Trinajstić information content (AvgIpc) is 2.87. The molecule has 18 heavy (non-hydrogen) atoms. The Bertz CT molecular complexity index is 391. The third-order valence-corrected chi connectivity index (χ3v) is 5.12. The number of nitrogens with two attached hydrogens (primary N) is 1. The van der Waals surface area contributed by atoms with Crippen LogP contribution >= 0.6 is 11.3 Å². The molecule has 1 aliphatic rings. The molecule has 1 amide bonds. The van der Waals surface area contributed by atoms with Gasteiger partial charge in [-0.15, -0.1) is 11.3 Å². The molecule has 3 nitrogen and oxygen atoms in total. The second-order valence-electron chi connectivity index (χ2n) is 5.38. The summed E-state index contributed by atoms with van der Waals surface area (Å²) >= 11 is 1.54. The summed E-state index contributed by atoms with van der Waals surface area (Å²) in [4.78, 5) is 13.1. The number of carbonyl (C=O) groups is 1. The van der Waals surface area contributed by atoms with Gasteiger partial charge in [-0.05, 0) is 29.7 Å². The van der Waals surface area contributed by atoms with Gasteiger partial charge >= 0.3 is 0 Å². The lowest BCUT2D eigenvalue weighted by atomic mass is 9.78. The summed E-state index contributed by atoms with van der Waals surface area (Å²) < 4.78 is 0. The monoisotopic (exact) mass is 266 g/mol. The Labute approximate surface area is 113 Å². The Morgan fingerprint density at radius 3 is 2.94 bits per heavy atom. The van der Waals surface area contributed by atoms with Crippen molar-refractivity contribution in [2.24, 2.45) is 17.6 Å². The van der Waals surface area contributed by atoms with E-state index in [2.05, 4.69) is 19.2 Å². The fraction of sp³-hybridized carbons (Fsp3) is 0.643. The number of rotatable bonds is 3. The number of thiophene rings is 1. The summed E-state index contributed by atoms with van der Waals surface area (Å²) in [5.41, 5.74) is 5.98. The lowest BCUT2D eigenvalue weighted by Crippen LogP contribution is -2.46. The van der Waals surface area contributed by atoms with Crippen molar-refractivity contribution in [2.45, 2.75) is 45.2 Å². The second kappa shape index (κ2) is 5.85. The van der Waals surface area contributed by atoms with Crippen LogP contribution in [0, 0.1) is 11.8 Å². The highest BCUT2D eigenvalue weighted by Crippen LogP contribution is 2.30. The van der Waals surface area contributed by atoms with Crippen LogP contribution in [-0.4, -0.2) is 11.9 Å². The molecular formula is C14H22N2OS. The molecule has 4 unspecified atom stereocenters. The molecule has 1 heterocycles. The van der Waals surface area contributed by atoms with Crippen molar-refractivity contribution in [3.63, 3.8) is 0 Å². The molecule has 4 atom stereocenters. The van der Waals surface area contributed by atoms with E-state index in [4.69, 9.17) is 5.73 Å². The maximum atomic E-state index is 12.1. The van der Waals surface area contributed by atoms with Crippen molar-refractivity contribution in [3.05, 3.63) is 22.4 Å². The summed E-state index contributed by atoms with van der Waals surface area (Å²) in [7, 11) is 0. The zero-order valence-electron chi connectivity index (χ0n) is 11.1. The van der Waals surface area contributed by atoms with Crippen LogP contribution in [-0.2, 0) is 4.79 Å². The number of carbonyl (C=O) groups excluding carboxylic acids is 1. The molecule has 3 N–H and O–H groups in total. The van der Waals surface area contributed by atoms with E-state index in [1.54, 1.807) is 0 Å². The van der Waals surface area contributed by atoms with Gasteiger partial charge in [0.25, 0.3) is 0 Å². The van der Waals surface area contributed by atoms with Crippen LogP contribution in [0.4, 0.5) is 0 Å². The summed E-state index contributed by atoms with van der Waals surface area (Å²) in [6.07, 6.45) is 3.55. The van der Waals surface area contributed by atoms with Crippen molar-refractivity contribution < 1.29 is 4.79 Å². The van der Waals surface area contributed by atoms with Crippen LogP contribution in [0.3, 0.4) is 0 Å². The quantitative estimate of drug-likeness (QED) is 0.883. The predicted molar refractivity (Wildman–Crippen MR) is 75.4 cm³/mol. The van der Waals surface area contributed by atoms with Gasteiger partial charge in [-0.25, -0.2) is 0 Å². The van der Waals surface area contributed by atoms with Gasteiger partial charge in [0, 0.05) is 10.9 Å². The normalized spacial score (nSPS) is 29.8. The zero-order valence-corrected chi connectivity index (χ0v) is 11.9. The molecule has 1 fully saturated rings. The molecule has 0 aromatic carbocycles. The first-order chi connectivity index (χ1) is 8.59. The van der Waals surface area contributed by atoms with Crippen molar-refractivity contribution in [3.8, 4) is 0 Å². The number of hydrogen-bond donors (Lipinski definition) is 2. The fourth-order valence-electron chi connectivity index (χ4n) is 2.66. The molecule has 1 aliphatic carbocycles. The Morgan fingerprint density at radius 2 is 2.28 bits per heavy atom. The lowest BCUT2D eigenvalue weighted by Gasteiger charge is -2.35. The van der Waals surface area contributed by atoms with Crippen LogP contribution in [0.5, 0.6) is 0 Å². The molecule has 0 radical (unpaired) electrons. The maximum Gasteiger partial charge on any atom is 0.242 e. The van der Waals surface area contributed by atoms with E-state index in [0.29, 0.717) is 11.8 Å². The summed E-state index contributed by atoms with van der Waals surface area (Å²) in [6, 6.07) is 3.61. The molecular weight excluding hydrogens is 244 g/mol. The summed E-state index contributed by atoms with van der Waals surface area (Å²) in [6.45, 7) is 4.49. The molecule has 0 spiro atoms. The van der Waals surface area contributed by atoms with Crippen LogP contribution in [0.15, 0.2) is 17.5 Å². The van der Waals surface area contributed by atoms with Crippen LogP contribution < -0.4 is 11.1 Å². The highest BCUT2D eigenvalue weighted by atomic mass is 32.1. The molecule has 0 saturated heterocycles. The third kappa shape index (κ3) is 2.93. The Hall–Kier alpha value is -0.870. The second-order valence-corrected chi connectivity index (χ2v) is 6.35. The van der Waals surface area contributed by atoms with Gasteiger partial charge in [0.05, 0.1) is 0 Å². The first-order valence-corrected chi connectivity index (χ1v) is 7.57. The molecule has 0 aliphatic heterocycles. The van der Waals surface area contributed by atoms with E-state index in [9.17, 15) is 4.79 Å². The molecule has 1 saturated carbocycles. The van der Waals surface area contributed by atoms with Gasteiger partial charge in [0.2, 0.25) is 5.91 Å². The van der Waals surface area contributed by atoms with E-state index in [0.717, 1.165) is 11.3 Å². The molecule has 1 aromatic heterocycles. The summed E-state index contributed by atoms with van der Waals surface area (Å²) in [5.74, 6) is 1.18. The fourth-order valence-corrected chi connectivity index (χ4v) is 3.38. The number of nitrogens with one attached hydrogen (secondary N) is 1. The predicted octanol–water partition coefficient (Wildman–Crippen LogP) is 2.69. The Balaban J connectivity index is 1.94. The highest BCUT2D eigenvalue weighted by Gasteiger charge is 2.29. The van der Waals surface area contributed by atoms with Gasteiger partial charge in [-0.2, -0.15) is 0 Å². The average molecular weight is 266 g/mol. The van der Waals surface area contributed by atoms with Gasteiger partial charge in [0.15, 0.2) is 0 Å². The molecule has 4 heteroatoms. The minimum atomic E-state index is -0.519. The minimum absolute atomic E-state index is 0.0385. The van der Waals surface area contributed by atoms with E-state index in [-0.39, 0.29) is 11.9 Å². The first kappa shape index (κ1) is 13.6. The van der Waals surface area contributed by atoms with E-state index < -0.39 is 6.04 Å². The largest absolute Gasteiger partial charge is 0.351 e. The SMILES string of the molecule is CC1CCCC(NC(=O)C(N)c2cccs2)C1C. The Morgan fingerprint density at radius 1 is 1.50 bits per heavy atom. The van der Waals surface area contributed by atoms with E-state index in [1.807, 2.05) is 17.5 Å². The zero-order chi connectivity index (χ0) is 13.1. The van der Waals surface area contributed by atoms with Crippen LogP contribution in [0.1, 0.15) is 44.0 Å². The molecule has 100 valence electrons. The topological polar surface area (TPSA) is 55.1 Å². The van der Waals surface area contributed by atoms with E-state index in [1.165, 1.54) is 24.2 Å². The molecule has 2 rings (SSSR count). The highest BCUT2D eigenvalue weighted by molar-refractivity contribution is 7.10. The number of amides is 1. The summed E-state index contributed by atoms with van der Waals surface area (Å²) in [5, 5.41) is 5.08. The minimum Gasteiger partial charge on any atom is -0.351 e. The van der Waals surface area contributed by atoms with Crippen molar-refractivity contribution >= 4 is 17.2 Å². The van der Waals surface area contributed by atoms with Gasteiger partial charge < -0.3 is 11.1 Å². The van der Waals surface area contributed by atoms with Crippen molar-refractivity contribution in [1.82, 2.24) is 5.32 Å². The maximum absolute atomic E-state index is 12.1. The number of hydrogen-bond acceptors (Lipinski definition) is 3. The van der Waals surface area contributed by atoms with E-state index >= 15 is 0 Å². The Kier molecular flexibility index (Phi) is 4.40. The standard InChI is InChI=1S/C14H22N2OS/c1-9-5-3-6-11(10(9)2)16-14(17)13(15)12-7-4-8-18-12/h4,7-11,13H,3,5-6,15H2,1-2H3,(H,16,17). The van der Waals surface area contributed by atoms with Gasteiger partial charge in [-0.1, -0.05) is 32.8 Å². The van der Waals surface area contributed by atoms with Gasteiger partial charge in [0.1, 0.15) is 6.04 Å². The van der Waals surface area contributed by atoms with Gasteiger partial charge in [-0.3, -0.25) is 4.79 Å². The van der Waals surface area contributed by atoms with Crippen molar-refractivity contribution in [1.29, 1.82) is 0 Å². The van der Waals surface area contributed by atoms with Crippen LogP contribution in [0.2, 0.25) is 0 Å². The molecule has 1 aromatic rings.